The van der Waals surface area contributed by atoms with Crippen LogP contribution in [0.2, 0.25) is 0 Å². The highest BCUT2D eigenvalue weighted by molar-refractivity contribution is 7.89. The normalized spacial score (nSPS) is 12.8. The lowest BCUT2D eigenvalue weighted by Crippen LogP contribution is -2.45. The molecule has 134 valence electrons. The van der Waals surface area contributed by atoms with E-state index in [1.807, 2.05) is 0 Å². The van der Waals surface area contributed by atoms with Crippen LogP contribution in [0.15, 0.2) is 59.5 Å². The van der Waals surface area contributed by atoms with Gasteiger partial charge in [0.1, 0.15) is 11.8 Å². The van der Waals surface area contributed by atoms with E-state index in [0.29, 0.717) is 11.3 Å². The van der Waals surface area contributed by atoms with Crippen LogP contribution >= 0.6 is 12.6 Å². The molecule has 0 amide bonds. The lowest BCUT2D eigenvalue weighted by Gasteiger charge is -2.27. The van der Waals surface area contributed by atoms with Crippen LogP contribution < -0.4 is 4.74 Å². The molecule has 0 saturated carbocycles. The van der Waals surface area contributed by atoms with Gasteiger partial charge in [-0.15, -0.1) is 0 Å². The van der Waals surface area contributed by atoms with Crippen molar-refractivity contribution >= 4 is 28.6 Å². The topological polar surface area (TPSA) is 83.9 Å². The number of ether oxygens (including phenoxy) is 1. The first-order valence-electron chi connectivity index (χ1n) is 7.43. The molecule has 0 radical (unpaired) electrons. The third-order valence-corrected chi connectivity index (χ3v) is 5.87. The summed E-state index contributed by atoms with van der Waals surface area (Å²) in [5, 5.41) is 9.44. The van der Waals surface area contributed by atoms with E-state index in [-0.39, 0.29) is 17.2 Å². The van der Waals surface area contributed by atoms with Crippen LogP contribution in [0.5, 0.6) is 5.75 Å². The Labute approximate surface area is 152 Å². The number of carboxylic acid groups (broad SMARTS) is 1. The molecule has 1 atom stereocenters. The van der Waals surface area contributed by atoms with E-state index in [1.165, 1.54) is 31.4 Å². The molecule has 0 aliphatic rings. The summed E-state index contributed by atoms with van der Waals surface area (Å²) in [6, 6.07) is 13.4. The molecule has 6 nitrogen and oxygen atoms in total. The summed E-state index contributed by atoms with van der Waals surface area (Å²) in [4.78, 5) is 11.6. The summed E-state index contributed by atoms with van der Waals surface area (Å²) >= 11 is 4.03. The number of benzene rings is 2. The Kier molecular flexibility index (Phi) is 6.46. The molecule has 0 spiro atoms. The number of sulfonamides is 1. The molecule has 8 heteroatoms. The number of thiol groups is 1. The average Bonchev–Trinajstić information content (AvgIpc) is 2.62. The molecular formula is C17H19NO5S2. The zero-order valence-corrected chi connectivity index (χ0v) is 15.3. The maximum atomic E-state index is 13.0. The molecule has 0 saturated heterocycles. The van der Waals surface area contributed by atoms with Gasteiger partial charge in [-0.05, 0) is 29.8 Å². The third kappa shape index (κ3) is 4.53. The molecule has 1 N–H and O–H groups in total. The molecule has 0 aliphatic heterocycles. The van der Waals surface area contributed by atoms with Gasteiger partial charge in [-0.3, -0.25) is 4.79 Å². The summed E-state index contributed by atoms with van der Waals surface area (Å²) in [7, 11) is -2.55. The number of carbonyl (C=O) groups is 1. The molecule has 0 heterocycles. The molecule has 2 aromatic carbocycles. The number of hydrogen-bond donors (Lipinski definition) is 2. The maximum absolute atomic E-state index is 13.0. The van der Waals surface area contributed by atoms with Crippen molar-refractivity contribution in [2.75, 3.05) is 12.9 Å². The van der Waals surface area contributed by atoms with Crippen molar-refractivity contribution in [1.29, 1.82) is 0 Å². The first kappa shape index (κ1) is 19.3. The monoisotopic (exact) mass is 381 g/mol. The van der Waals surface area contributed by atoms with Crippen LogP contribution in [0.4, 0.5) is 0 Å². The van der Waals surface area contributed by atoms with Crippen molar-refractivity contribution in [2.45, 2.75) is 17.5 Å². The highest BCUT2D eigenvalue weighted by Crippen LogP contribution is 2.24. The summed E-state index contributed by atoms with van der Waals surface area (Å²) < 4.78 is 32.0. The van der Waals surface area contributed by atoms with Gasteiger partial charge in [0.25, 0.3) is 0 Å². The highest BCUT2D eigenvalue weighted by Gasteiger charge is 2.35. The first-order valence-corrected chi connectivity index (χ1v) is 9.51. The smallest absolute Gasteiger partial charge is 0.322 e. The van der Waals surface area contributed by atoms with Crippen molar-refractivity contribution in [3.8, 4) is 5.75 Å². The van der Waals surface area contributed by atoms with Crippen molar-refractivity contribution < 1.29 is 23.1 Å². The number of carboxylic acids is 1. The van der Waals surface area contributed by atoms with Crippen LogP contribution in [0.3, 0.4) is 0 Å². The quantitative estimate of drug-likeness (QED) is 0.686. The third-order valence-electron chi connectivity index (χ3n) is 3.65. The Morgan fingerprint density at radius 3 is 2.24 bits per heavy atom. The van der Waals surface area contributed by atoms with Gasteiger partial charge in [-0.1, -0.05) is 30.3 Å². The van der Waals surface area contributed by atoms with Crippen LogP contribution in [0.25, 0.3) is 0 Å². The maximum Gasteiger partial charge on any atom is 0.322 e. The number of nitrogens with zero attached hydrogens (tertiary/aromatic N) is 1. The summed E-state index contributed by atoms with van der Waals surface area (Å²) in [5.74, 6) is -0.877. The molecule has 0 aliphatic carbocycles. The highest BCUT2D eigenvalue weighted by atomic mass is 32.2. The van der Waals surface area contributed by atoms with Crippen molar-refractivity contribution in [3.63, 3.8) is 0 Å². The van der Waals surface area contributed by atoms with Gasteiger partial charge < -0.3 is 9.84 Å². The predicted octanol–water partition coefficient (Wildman–Crippen LogP) is 2.27. The van der Waals surface area contributed by atoms with E-state index in [9.17, 15) is 18.3 Å². The zero-order valence-electron chi connectivity index (χ0n) is 13.6. The van der Waals surface area contributed by atoms with Crippen LogP contribution in [-0.4, -0.2) is 42.7 Å². The average molecular weight is 381 g/mol. The molecule has 0 fully saturated rings. The van der Waals surface area contributed by atoms with Gasteiger partial charge in [0.2, 0.25) is 10.0 Å². The summed E-state index contributed by atoms with van der Waals surface area (Å²) in [5.41, 5.74) is 0.688. The van der Waals surface area contributed by atoms with E-state index in [2.05, 4.69) is 12.6 Å². The molecular weight excluding hydrogens is 362 g/mol. The zero-order chi connectivity index (χ0) is 18.4. The SMILES string of the molecule is COc1ccc(S(=O)(=O)N(Cc2ccccc2)C(CS)C(=O)O)cc1. The Bertz CT molecular complexity index is 807. The van der Waals surface area contributed by atoms with Gasteiger partial charge >= 0.3 is 5.97 Å². The van der Waals surface area contributed by atoms with E-state index in [4.69, 9.17) is 4.74 Å². The van der Waals surface area contributed by atoms with E-state index < -0.39 is 22.0 Å². The Hall–Kier alpha value is -2.03. The minimum Gasteiger partial charge on any atom is -0.497 e. The number of methoxy groups -OCH3 is 1. The van der Waals surface area contributed by atoms with Gasteiger partial charge in [0, 0.05) is 12.3 Å². The molecule has 25 heavy (non-hydrogen) atoms. The van der Waals surface area contributed by atoms with Crippen molar-refractivity contribution in [1.82, 2.24) is 4.31 Å². The van der Waals surface area contributed by atoms with E-state index in [1.54, 1.807) is 30.3 Å². The number of rotatable bonds is 8. The fourth-order valence-electron chi connectivity index (χ4n) is 2.30. The Morgan fingerprint density at radius 1 is 1.16 bits per heavy atom. The fraction of sp³-hybridized carbons (Fsp3) is 0.235. The predicted molar refractivity (Wildman–Crippen MR) is 97.4 cm³/mol. The van der Waals surface area contributed by atoms with Gasteiger partial charge in [0.15, 0.2) is 0 Å². The van der Waals surface area contributed by atoms with Gasteiger partial charge in [-0.25, -0.2) is 8.42 Å². The van der Waals surface area contributed by atoms with Gasteiger partial charge in [0.05, 0.1) is 12.0 Å². The van der Waals surface area contributed by atoms with Gasteiger partial charge in [-0.2, -0.15) is 16.9 Å². The summed E-state index contributed by atoms with van der Waals surface area (Å²) in [6.07, 6.45) is 0. The van der Waals surface area contributed by atoms with Crippen LogP contribution in [-0.2, 0) is 21.4 Å². The standard InChI is InChI=1S/C17H19NO5S2/c1-23-14-7-9-15(10-8-14)25(21,22)18(16(12-24)17(19)20)11-13-5-3-2-4-6-13/h2-10,16,24H,11-12H2,1H3,(H,19,20). The Morgan fingerprint density at radius 2 is 1.76 bits per heavy atom. The van der Waals surface area contributed by atoms with Crippen LogP contribution in [0, 0.1) is 0 Å². The largest absolute Gasteiger partial charge is 0.497 e. The van der Waals surface area contributed by atoms with Crippen molar-refractivity contribution in [2.24, 2.45) is 0 Å². The van der Waals surface area contributed by atoms with E-state index in [0.717, 1.165) is 4.31 Å². The lowest BCUT2D eigenvalue weighted by molar-refractivity contribution is -0.140. The second kappa shape index (κ2) is 8.37. The Balaban J connectivity index is 2.46. The molecule has 0 aromatic heterocycles. The summed E-state index contributed by atoms with van der Waals surface area (Å²) in [6.45, 7) is -0.0628. The lowest BCUT2D eigenvalue weighted by atomic mass is 10.2. The second-order valence-corrected chi connectivity index (χ2v) is 7.50. The minimum atomic E-state index is -4.03. The van der Waals surface area contributed by atoms with Crippen molar-refractivity contribution in [3.05, 3.63) is 60.2 Å². The second-order valence-electron chi connectivity index (χ2n) is 5.25. The first-order chi connectivity index (χ1) is 11.9. The van der Waals surface area contributed by atoms with Crippen LogP contribution in [0.1, 0.15) is 5.56 Å². The fourth-order valence-corrected chi connectivity index (χ4v) is 4.33. The molecule has 0 bridgehead atoms. The molecule has 2 rings (SSSR count). The number of hydrogen-bond acceptors (Lipinski definition) is 5. The molecule has 2 aromatic rings. The minimum absolute atomic E-state index is 0.00253. The number of aliphatic carboxylic acids is 1. The van der Waals surface area contributed by atoms with E-state index >= 15 is 0 Å². The molecule has 1 unspecified atom stereocenters.